The molecule has 1 unspecified atom stereocenters. The van der Waals surface area contributed by atoms with E-state index in [0.29, 0.717) is 5.92 Å². The zero-order valence-corrected chi connectivity index (χ0v) is 18.1. The van der Waals surface area contributed by atoms with Gasteiger partial charge in [-0.05, 0) is 62.2 Å². The van der Waals surface area contributed by atoms with E-state index >= 15 is 0 Å². The molecule has 0 aliphatic carbocycles. The summed E-state index contributed by atoms with van der Waals surface area (Å²) in [4.78, 5) is 12.4. The maximum absolute atomic E-state index is 5.32. The van der Waals surface area contributed by atoms with Crippen molar-refractivity contribution >= 4 is 11.0 Å². The molecule has 3 aromatic rings. The first-order chi connectivity index (χ1) is 14.1. The molecule has 154 valence electrons. The van der Waals surface area contributed by atoms with E-state index in [1.54, 1.807) is 7.11 Å². The smallest absolute Gasteiger partial charge is 0.118 e. The zero-order chi connectivity index (χ0) is 20.4. The lowest BCUT2D eigenvalue weighted by molar-refractivity contribution is 0.184. The summed E-state index contributed by atoms with van der Waals surface area (Å²) in [7, 11) is 3.75. The van der Waals surface area contributed by atoms with Crippen LogP contribution in [0.2, 0.25) is 0 Å². The largest absolute Gasteiger partial charge is 0.497 e. The highest BCUT2D eigenvalue weighted by Crippen LogP contribution is 2.33. The number of nitrogens with zero attached hydrogens (tertiary/aromatic N) is 4. The predicted molar refractivity (Wildman–Crippen MR) is 118 cm³/mol. The number of hydrogen-bond donors (Lipinski definition) is 0. The number of likely N-dealkylation sites (tertiary alicyclic amines) is 1. The Morgan fingerprint density at radius 1 is 1.17 bits per heavy atom. The molecule has 1 fully saturated rings. The van der Waals surface area contributed by atoms with Crippen molar-refractivity contribution in [2.45, 2.75) is 39.0 Å². The van der Waals surface area contributed by atoms with Crippen LogP contribution in [0.25, 0.3) is 22.3 Å². The molecule has 0 spiro atoms. The molecule has 0 bridgehead atoms. The fourth-order valence-corrected chi connectivity index (χ4v) is 4.29. The van der Waals surface area contributed by atoms with Crippen molar-refractivity contribution < 1.29 is 4.74 Å². The molecule has 0 saturated carbocycles. The number of aryl methyl sites for hydroxylation is 1. The van der Waals surface area contributed by atoms with Gasteiger partial charge in [0, 0.05) is 30.8 Å². The number of piperidine rings is 1. The Hall–Kier alpha value is -2.40. The Morgan fingerprint density at radius 2 is 1.90 bits per heavy atom. The first-order valence-electron chi connectivity index (χ1n) is 10.8. The third kappa shape index (κ3) is 4.15. The van der Waals surface area contributed by atoms with Gasteiger partial charge in [0.15, 0.2) is 0 Å². The van der Waals surface area contributed by atoms with Crippen LogP contribution < -0.4 is 4.74 Å². The maximum atomic E-state index is 5.32. The molecular weight excluding hydrogens is 360 g/mol. The van der Waals surface area contributed by atoms with Crippen LogP contribution in [-0.4, -0.2) is 46.2 Å². The Morgan fingerprint density at radius 3 is 2.55 bits per heavy atom. The van der Waals surface area contributed by atoms with Gasteiger partial charge >= 0.3 is 0 Å². The van der Waals surface area contributed by atoms with Gasteiger partial charge in [0.2, 0.25) is 0 Å². The third-order valence-electron chi connectivity index (χ3n) is 6.37. The van der Waals surface area contributed by atoms with Gasteiger partial charge < -0.3 is 14.2 Å². The van der Waals surface area contributed by atoms with E-state index in [2.05, 4.69) is 53.5 Å². The molecule has 29 heavy (non-hydrogen) atoms. The summed E-state index contributed by atoms with van der Waals surface area (Å²) in [6.45, 7) is 8.18. The Bertz CT molecular complexity index is 955. The van der Waals surface area contributed by atoms with E-state index in [4.69, 9.17) is 9.72 Å². The highest BCUT2D eigenvalue weighted by molar-refractivity contribution is 5.90. The van der Waals surface area contributed by atoms with Gasteiger partial charge in [-0.1, -0.05) is 20.3 Å². The summed E-state index contributed by atoms with van der Waals surface area (Å²) in [5.74, 6) is 2.15. The van der Waals surface area contributed by atoms with Crippen molar-refractivity contribution in [3.63, 3.8) is 0 Å². The number of fused-ring (bicyclic) bond motifs is 1. The van der Waals surface area contributed by atoms with Crippen LogP contribution in [0.15, 0.2) is 36.7 Å². The first kappa shape index (κ1) is 19.9. The molecule has 1 aliphatic rings. The van der Waals surface area contributed by atoms with Gasteiger partial charge in [0.25, 0.3) is 0 Å². The highest BCUT2D eigenvalue weighted by Gasteiger charge is 2.24. The third-order valence-corrected chi connectivity index (χ3v) is 6.37. The molecule has 1 aliphatic heterocycles. The molecule has 1 saturated heterocycles. The monoisotopic (exact) mass is 392 g/mol. The van der Waals surface area contributed by atoms with Gasteiger partial charge in [0.05, 0.1) is 24.6 Å². The topological polar surface area (TPSA) is 43.2 Å². The molecule has 1 aromatic carbocycles. The van der Waals surface area contributed by atoms with Crippen molar-refractivity contribution in [2.24, 2.45) is 13.0 Å². The van der Waals surface area contributed by atoms with Gasteiger partial charge in [-0.3, -0.25) is 4.98 Å². The van der Waals surface area contributed by atoms with Crippen molar-refractivity contribution in [3.05, 3.63) is 42.4 Å². The van der Waals surface area contributed by atoms with E-state index in [0.717, 1.165) is 47.0 Å². The minimum atomic E-state index is 0.513. The highest BCUT2D eigenvalue weighted by atomic mass is 16.5. The van der Waals surface area contributed by atoms with Crippen LogP contribution in [0.3, 0.4) is 0 Å². The van der Waals surface area contributed by atoms with Crippen molar-refractivity contribution in [1.29, 1.82) is 0 Å². The van der Waals surface area contributed by atoms with Crippen LogP contribution in [0, 0.1) is 5.92 Å². The first-order valence-corrected chi connectivity index (χ1v) is 10.8. The quantitative estimate of drug-likeness (QED) is 0.600. The summed E-state index contributed by atoms with van der Waals surface area (Å²) in [6.07, 6.45) is 5.49. The minimum Gasteiger partial charge on any atom is -0.497 e. The molecule has 1 atom stereocenters. The van der Waals surface area contributed by atoms with E-state index < -0.39 is 0 Å². The van der Waals surface area contributed by atoms with Crippen LogP contribution in [0.5, 0.6) is 5.75 Å². The normalized spacial score (nSPS) is 17.0. The van der Waals surface area contributed by atoms with Gasteiger partial charge in [-0.2, -0.15) is 0 Å². The average molecular weight is 393 g/mol. The fourth-order valence-electron chi connectivity index (χ4n) is 4.29. The van der Waals surface area contributed by atoms with Gasteiger partial charge in [-0.15, -0.1) is 0 Å². The van der Waals surface area contributed by atoms with Crippen LogP contribution in [0.4, 0.5) is 0 Å². The fraction of sp³-hybridized carbons (Fsp3) is 0.500. The number of benzene rings is 1. The van der Waals surface area contributed by atoms with E-state index in [9.17, 15) is 0 Å². The number of ether oxygens (including phenoxy) is 1. The molecule has 0 amide bonds. The molecule has 5 nitrogen and oxygen atoms in total. The van der Waals surface area contributed by atoms with Crippen LogP contribution in [0.1, 0.15) is 44.7 Å². The number of imidazole rings is 1. The Balaban J connectivity index is 1.63. The Kier molecular flexibility index (Phi) is 5.86. The lowest BCUT2D eigenvalue weighted by Gasteiger charge is -2.33. The summed E-state index contributed by atoms with van der Waals surface area (Å²) in [5.41, 5.74) is 5.39. The molecule has 0 radical (unpaired) electrons. The lowest BCUT2D eigenvalue weighted by atomic mass is 9.91. The van der Waals surface area contributed by atoms with Gasteiger partial charge in [-0.25, -0.2) is 4.98 Å². The maximum Gasteiger partial charge on any atom is 0.118 e. The summed E-state index contributed by atoms with van der Waals surface area (Å²) in [6, 6.07) is 10.4. The number of aromatic nitrogens is 3. The SMILES string of the molecule is CCC(C)CN1CCC(c2cc3c(ncn3C)c(-c3ccc(OC)cc3)n2)CC1. The standard InChI is InChI=1S/C24H32N4O/c1-5-17(2)15-28-12-10-18(11-13-28)21-14-22-24(25-16-27(22)3)23(26-21)19-6-8-20(29-4)9-7-19/h6-9,14,16-18H,5,10-13,15H2,1-4H3. The number of pyridine rings is 1. The second-order valence-electron chi connectivity index (χ2n) is 8.44. The van der Waals surface area contributed by atoms with Gasteiger partial charge in [0.1, 0.15) is 11.3 Å². The molecule has 5 heteroatoms. The number of rotatable bonds is 6. The predicted octanol–water partition coefficient (Wildman–Crippen LogP) is 4.87. The zero-order valence-electron chi connectivity index (χ0n) is 18.1. The molecular formula is C24H32N4O. The second kappa shape index (κ2) is 8.54. The average Bonchev–Trinajstić information content (AvgIpc) is 3.14. The molecule has 4 rings (SSSR count). The lowest BCUT2D eigenvalue weighted by Crippen LogP contribution is -2.36. The summed E-state index contributed by atoms with van der Waals surface area (Å²) in [5, 5.41) is 0. The summed E-state index contributed by atoms with van der Waals surface area (Å²) < 4.78 is 7.42. The molecule has 3 heterocycles. The molecule has 0 N–H and O–H groups in total. The Labute approximate surface area is 173 Å². The van der Waals surface area contributed by atoms with Crippen molar-refractivity contribution in [1.82, 2.24) is 19.4 Å². The van der Waals surface area contributed by atoms with E-state index in [-0.39, 0.29) is 0 Å². The van der Waals surface area contributed by atoms with Crippen molar-refractivity contribution in [2.75, 3.05) is 26.7 Å². The van der Waals surface area contributed by atoms with Crippen LogP contribution >= 0.6 is 0 Å². The molecule has 2 aromatic heterocycles. The second-order valence-corrected chi connectivity index (χ2v) is 8.44. The summed E-state index contributed by atoms with van der Waals surface area (Å²) >= 11 is 0. The van der Waals surface area contributed by atoms with Crippen LogP contribution in [-0.2, 0) is 7.05 Å². The number of hydrogen-bond acceptors (Lipinski definition) is 4. The minimum absolute atomic E-state index is 0.513. The van der Waals surface area contributed by atoms with E-state index in [1.807, 2.05) is 18.5 Å². The van der Waals surface area contributed by atoms with E-state index in [1.165, 1.54) is 31.5 Å². The number of methoxy groups -OCH3 is 1. The van der Waals surface area contributed by atoms with Crippen molar-refractivity contribution in [3.8, 4) is 17.0 Å².